The van der Waals surface area contributed by atoms with E-state index in [9.17, 15) is 8.42 Å². The summed E-state index contributed by atoms with van der Waals surface area (Å²) in [5, 5.41) is 4.76. The molecule has 1 aliphatic rings. The number of aromatic nitrogens is 1. The van der Waals surface area contributed by atoms with Crippen molar-refractivity contribution in [2.75, 3.05) is 23.0 Å². The molecule has 12 heteroatoms. The van der Waals surface area contributed by atoms with Gasteiger partial charge in [-0.25, -0.2) is 8.42 Å². The smallest absolute Gasteiger partial charge is 0.229 e. The highest BCUT2D eigenvalue weighted by atomic mass is 35.5. The monoisotopic (exact) mass is 588 g/mol. The molecule has 0 radical (unpaired) electrons. The number of rotatable bonds is 7. The number of sulfonamides is 1. The third-order valence-electron chi connectivity index (χ3n) is 5.97. The first kappa shape index (κ1) is 26.3. The van der Waals surface area contributed by atoms with Gasteiger partial charge in [0, 0.05) is 22.5 Å². The van der Waals surface area contributed by atoms with Crippen molar-refractivity contribution in [3.05, 3.63) is 94.4 Å². The van der Waals surface area contributed by atoms with Crippen LogP contribution >= 0.6 is 35.4 Å². The van der Waals surface area contributed by atoms with Crippen molar-refractivity contribution >= 4 is 61.9 Å². The molecule has 0 amide bonds. The molecular formula is C26H22Cl2N4O4S2. The van der Waals surface area contributed by atoms with Crippen LogP contribution in [0.15, 0.2) is 77.3 Å². The third kappa shape index (κ3) is 5.30. The number of anilines is 2. The van der Waals surface area contributed by atoms with E-state index in [1.807, 2.05) is 35.2 Å². The maximum atomic E-state index is 12.0. The van der Waals surface area contributed by atoms with Gasteiger partial charge in [0.2, 0.25) is 10.0 Å². The van der Waals surface area contributed by atoms with Crippen molar-refractivity contribution in [1.29, 1.82) is 0 Å². The fourth-order valence-corrected chi connectivity index (χ4v) is 5.80. The Morgan fingerprint density at radius 3 is 2.61 bits per heavy atom. The van der Waals surface area contributed by atoms with Crippen molar-refractivity contribution in [2.45, 2.75) is 12.1 Å². The molecular weight excluding hydrogens is 567 g/mol. The van der Waals surface area contributed by atoms with E-state index in [1.165, 1.54) is 7.11 Å². The number of methoxy groups -OCH3 is 1. The number of pyridine rings is 1. The maximum absolute atomic E-state index is 12.0. The van der Waals surface area contributed by atoms with Crippen molar-refractivity contribution in [3.8, 4) is 17.1 Å². The molecule has 0 aliphatic carbocycles. The number of ether oxygens (including phenoxy) is 1. The van der Waals surface area contributed by atoms with E-state index in [1.54, 1.807) is 42.6 Å². The molecule has 0 unspecified atom stereocenters. The lowest BCUT2D eigenvalue weighted by Gasteiger charge is -2.27. The molecule has 196 valence electrons. The molecule has 2 aromatic carbocycles. The van der Waals surface area contributed by atoms with E-state index >= 15 is 0 Å². The molecule has 3 heterocycles. The molecule has 4 aromatic rings. The first-order valence-electron chi connectivity index (χ1n) is 11.4. The molecule has 0 saturated carbocycles. The second-order valence-electron chi connectivity index (χ2n) is 8.58. The first-order chi connectivity index (χ1) is 18.1. The summed E-state index contributed by atoms with van der Waals surface area (Å²) in [4.78, 5) is 6.41. The van der Waals surface area contributed by atoms with Crippen molar-refractivity contribution < 1.29 is 17.6 Å². The van der Waals surface area contributed by atoms with Crippen LogP contribution in [0.4, 0.5) is 11.4 Å². The van der Waals surface area contributed by atoms with Gasteiger partial charge in [0.15, 0.2) is 5.11 Å². The average Bonchev–Trinajstić information content (AvgIpc) is 3.48. The van der Waals surface area contributed by atoms with E-state index < -0.39 is 16.1 Å². The molecule has 5 rings (SSSR count). The topological polar surface area (TPSA) is 96.7 Å². The van der Waals surface area contributed by atoms with Gasteiger partial charge in [-0.3, -0.25) is 9.71 Å². The molecule has 2 N–H and O–H groups in total. The van der Waals surface area contributed by atoms with Gasteiger partial charge in [0.25, 0.3) is 0 Å². The molecule has 38 heavy (non-hydrogen) atoms. The quantitative estimate of drug-likeness (QED) is 0.246. The van der Waals surface area contributed by atoms with Gasteiger partial charge in [0.1, 0.15) is 23.3 Å². The molecule has 1 aliphatic heterocycles. The predicted molar refractivity (Wildman–Crippen MR) is 154 cm³/mol. The van der Waals surface area contributed by atoms with E-state index in [4.69, 9.17) is 44.6 Å². The average molecular weight is 590 g/mol. The normalized spacial score (nSPS) is 17.4. The molecule has 8 nitrogen and oxygen atoms in total. The van der Waals surface area contributed by atoms with Crippen LogP contribution in [0.3, 0.4) is 0 Å². The van der Waals surface area contributed by atoms with Crippen LogP contribution in [0, 0.1) is 0 Å². The van der Waals surface area contributed by atoms with Gasteiger partial charge in [-0.05, 0) is 72.9 Å². The fourth-order valence-electron chi connectivity index (χ4n) is 4.39. The number of thiocarbonyl (C=S) groups is 1. The highest BCUT2D eigenvalue weighted by Gasteiger charge is 2.43. The maximum Gasteiger partial charge on any atom is 0.229 e. The Bertz CT molecular complexity index is 1610. The largest absolute Gasteiger partial charge is 0.495 e. The second-order valence-corrected chi connectivity index (χ2v) is 11.6. The Hall–Kier alpha value is -3.31. The third-order valence-corrected chi connectivity index (χ3v) is 7.42. The summed E-state index contributed by atoms with van der Waals surface area (Å²) >= 11 is 18.3. The Labute approximate surface area is 235 Å². The zero-order valence-electron chi connectivity index (χ0n) is 20.2. The van der Waals surface area contributed by atoms with Crippen LogP contribution in [0.1, 0.15) is 23.5 Å². The molecule has 0 bridgehead atoms. The van der Waals surface area contributed by atoms with Crippen LogP contribution in [-0.4, -0.2) is 31.9 Å². The summed E-state index contributed by atoms with van der Waals surface area (Å²) in [6.45, 7) is 0. The summed E-state index contributed by atoms with van der Waals surface area (Å²) in [6.07, 6.45) is 2.79. The summed E-state index contributed by atoms with van der Waals surface area (Å²) in [5.41, 5.74) is 2.36. The zero-order chi connectivity index (χ0) is 27.0. The van der Waals surface area contributed by atoms with E-state index in [0.717, 1.165) is 11.9 Å². The van der Waals surface area contributed by atoms with E-state index in [2.05, 4.69) is 15.0 Å². The minimum atomic E-state index is -3.56. The van der Waals surface area contributed by atoms with Crippen LogP contribution in [0.2, 0.25) is 10.0 Å². The highest BCUT2D eigenvalue weighted by molar-refractivity contribution is 7.92. The standard InChI is InChI=1S/C26H22Cl2N4O4S2/c1-35-22-9-7-16(14-20(22)31-38(2,33)34)32-25(24(30-26(32)37)19-5-3-4-12-29-19)23-11-10-21(36-23)17-8-6-15(27)13-18(17)28/h3-14,24-25,31H,1-2H3,(H,30,37)/t24-,25-/m1/s1. The number of nitrogens with zero attached hydrogens (tertiary/aromatic N) is 2. The summed E-state index contributed by atoms with van der Waals surface area (Å²) in [5.74, 6) is 1.53. The Morgan fingerprint density at radius 1 is 1.11 bits per heavy atom. The first-order valence-corrected chi connectivity index (χ1v) is 14.4. The van der Waals surface area contributed by atoms with Crippen molar-refractivity contribution in [2.24, 2.45) is 0 Å². The van der Waals surface area contributed by atoms with Crippen LogP contribution < -0.4 is 19.7 Å². The Kier molecular flexibility index (Phi) is 7.23. The lowest BCUT2D eigenvalue weighted by Crippen LogP contribution is -2.29. The van der Waals surface area contributed by atoms with Gasteiger partial charge < -0.3 is 19.4 Å². The highest BCUT2D eigenvalue weighted by Crippen LogP contribution is 2.45. The number of halogens is 2. The van der Waals surface area contributed by atoms with Crippen LogP contribution in [0.5, 0.6) is 5.75 Å². The zero-order valence-corrected chi connectivity index (χ0v) is 23.3. The van der Waals surface area contributed by atoms with Crippen LogP contribution in [-0.2, 0) is 10.0 Å². The van der Waals surface area contributed by atoms with E-state index in [-0.39, 0.29) is 11.7 Å². The lowest BCUT2D eigenvalue weighted by atomic mass is 10.0. The summed E-state index contributed by atoms with van der Waals surface area (Å²) < 4.78 is 38.3. The number of furan rings is 1. The number of benzene rings is 2. The minimum absolute atomic E-state index is 0.281. The van der Waals surface area contributed by atoms with Gasteiger partial charge in [-0.15, -0.1) is 0 Å². The lowest BCUT2D eigenvalue weighted by molar-refractivity contribution is 0.416. The summed E-state index contributed by atoms with van der Waals surface area (Å²) in [7, 11) is -2.10. The van der Waals surface area contributed by atoms with E-state index in [0.29, 0.717) is 43.7 Å². The predicted octanol–water partition coefficient (Wildman–Crippen LogP) is 6.21. The Balaban J connectivity index is 1.62. The molecule has 2 atom stereocenters. The van der Waals surface area contributed by atoms with Gasteiger partial charge >= 0.3 is 0 Å². The molecule has 2 aromatic heterocycles. The number of hydrogen-bond donors (Lipinski definition) is 2. The second kappa shape index (κ2) is 10.5. The molecule has 0 spiro atoms. The Morgan fingerprint density at radius 2 is 1.92 bits per heavy atom. The summed E-state index contributed by atoms with van der Waals surface area (Å²) in [6, 6.07) is 18.9. The number of hydrogen-bond acceptors (Lipinski definition) is 6. The number of nitrogens with one attached hydrogen (secondary N) is 2. The van der Waals surface area contributed by atoms with Crippen molar-refractivity contribution in [3.63, 3.8) is 0 Å². The van der Waals surface area contributed by atoms with Crippen LogP contribution in [0.25, 0.3) is 11.3 Å². The molecule has 1 saturated heterocycles. The molecule has 1 fully saturated rings. The van der Waals surface area contributed by atoms with Gasteiger partial charge in [-0.2, -0.15) is 0 Å². The minimum Gasteiger partial charge on any atom is -0.495 e. The van der Waals surface area contributed by atoms with Crippen molar-refractivity contribution in [1.82, 2.24) is 10.3 Å². The van der Waals surface area contributed by atoms with Gasteiger partial charge in [0.05, 0.1) is 35.8 Å². The SMILES string of the molecule is COc1ccc(N2C(=S)N[C@H](c3ccccn3)[C@H]2c2ccc(-c3ccc(Cl)cc3Cl)o2)cc1NS(C)(=O)=O. The van der Waals surface area contributed by atoms with Gasteiger partial charge in [-0.1, -0.05) is 29.3 Å². The fraction of sp³-hybridized carbons (Fsp3) is 0.154.